The molecule has 0 spiro atoms. The van der Waals surface area contributed by atoms with E-state index < -0.39 is 12.1 Å². The lowest BCUT2D eigenvalue weighted by atomic mass is 10.1. The molecule has 3 N–H and O–H groups in total. The molecular formula is C27H49NO3. The fraction of sp³-hybridized carbons (Fsp3) is 0.741. The smallest absolute Gasteiger partial charge is 0.220 e. The molecule has 0 aliphatic carbocycles. The molecule has 31 heavy (non-hydrogen) atoms. The minimum absolute atomic E-state index is 0.101. The standard InChI is InChI=1S/C27H49NO3/c1-3-5-7-9-10-11-12-13-14-15-16-17-18-19-20-22-26(30)25(24-29)28-27(31)23-21-8-6-4-2/h12-13,16-17,20,22,25-26,29-30H,3-11,14-15,18-19,21,23-24H2,1-2H3,(H,28,31)/b13-12+,17-16+,22-20+. The largest absolute Gasteiger partial charge is 0.394 e. The van der Waals surface area contributed by atoms with Crippen molar-refractivity contribution in [2.75, 3.05) is 6.61 Å². The maximum absolute atomic E-state index is 11.9. The van der Waals surface area contributed by atoms with Gasteiger partial charge in [-0.15, -0.1) is 0 Å². The van der Waals surface area contributed by atoms with Crippen LogP contribution in [0.25, 0.3) is 0 Å². The summed E-state index contributed by atoms with van der Waals surface area (Å²) >= 11 is 0. The topological polar surface area (TPSA) is 69.6 Å². The number of hydrogen-bond donors (Lipinski definition) is 3. The number of unbranched alkanes of at least 4 members (excludes halogenated alkanes) is 10. The summed E-state index contributed by atoms with van der Waals surface area (Å²) in [6.45, 7) is 4.12. The first-order chi connectivity index (χ1) is 15.2. The zero-order chi connectivity index (χ0) is 23.0. The third-order valence-corrected chi connectivity index (χ3v) is 5.35. The molecule has 2 atom stereocenters. The summed E-state index contributed by atoms with van der Waals surface area (Å²) in [5.41, 5.74) is 0. The average Bonchev–Trinajstić information content (AvgIpc) is 2.77. The maximum atomic E-state index is 11.9. The van der Waals surface area contributed by atoms with Gasteiger partial charge in [0.05, 0.1) is 18.8 Å². The fourth-order valence-corrected chi connectivity index (χ4v) is 3.32. The Hall–Kier alpha value is -1.39. The summed E-state index contributed by atoms with van der Waals surface area (Å²) < 4.78 is 0. The van der Waals surface area contributed by atoms with Gasteiger partial charge in [0.25, 0.3) is 0 Å². The van der Waals surface area contributed by atoms with E-state index in [1.807, 2.05) is 6.08 Å². The second-order valence-corrected chi connectivity index (χ2v) is 8.39. The van der Waals surface area contributed by atoms with Crippen LogP contribution in [-0.4, -0.2) is 34.9 Å². The minimum atomic E-state index is -0.860. The average molecular weight is 436 g/mol. The highest BCUT2D eigenvalue weighted by molar-refractivity contribution is 5.76. The summed E-state index contributed by atoms with van der Waals surface area (Å²) in [5.74, 6) is -0.101. The Morgan fingerprint density at radius 1 is 0.742 bits per heavy atom. The first-order valence-corrected chi connectivity index (χ1v) is 12.7. The second kappa shape index (κ2) is 23.3. The predicted octanol–water partition coefficient (Wildman–Crippen LogP) is 6.38. The van der Waals surface area contributed by atoms with Crippen LogP contribution in [0.4, 0.5) is 0 Å². The Morgan fingerprint density at radius 2 is 1.26 bits per heavy atom. The molecule has 4 heteroatoms. The number of aliphatic hydroxyl groups excluding tert-OH is 2. The number of nitrogens with one attached hydrogen (secondary N) is 1. The molecule has 0 aromatic carbocycles. The zero-order valence-electron chi connectivity index (χ0n) is 20.2. The van der Waals surface area contributed by atoms with Crippen molar-refractivity contribution < 1.29 is 15.0 Å². The third-order valence-electron chi connectivity index (χ3n) is 5.35. The molecule has 2 unspecified atom stereocenters. The quantitative estimate of drug-likeness (QED) is 0.145. The van der Waals surface area contributed by atoms with E-state index in [0.717, 1.165) is 51.4 Å². The van der Waals surface area contributed by atoms with E-state index in [0.29, 0.717) is 6.42 Å². The number of rotatable bonds is 21. The lowest BCUT2D eigenvalue weighted by Gasteiger charge is -2.19. The number of allylic oxidation sites excluding steroid dienone is 5. The van der Waals surface area contributed by atoms with Gasteiger partial charge in [0.2, 0.25) is 5.91 Å². The van der Waals surface area contributed by atoms with Crippen molar-refractivity contribution in [2.24, 2.45) is 0 Å². The molecule has 0 rings (SSSR count). The summed E-state index contributed by atoms with van der Waals surface area (Å²) in [6.07, 6.45) is 28.2. The van der Waals surface area contributed by atoms with Crippen LogP contribution in [0.3, 0.4) is 0 Å². The number of aliphatic hydroxyl groups is 2. The maximum Gasteiger partial charge on any atom is 0.220 e. The van der Waals surface area contributed by atoms with Crippen LogP contribution in [0.2, 0.25) is 0 Å². The highest BCUT2D eigenvalue weighted by Gasteiger charge is 2.17. The van der Waals surface area contributed by atoms with E-state index in [9.17, 15) is 15.0 Å². The van der Waals surface area contributed by atoms with Crippen LogP contribution >= 0.6 is 0 Å². The first kappa shape index (κ1) is 29.6. The second-order valence-electron chi connectivity index (χ2n) is 8.39. The van der Waals surface area contributed by atoms with Crippen molar-refractivity contribution in [2.45, 2.75) is 122 Å². The molecule has 0 aromatic heterocycles. The number of carbonyl (C=O) groups excluding carboxylic acids is 1. The zero-order valence-corrected chi connectivity index (χ0v) is 20.2. The molecule has 0 heterocycles. The molecule has 0 aliphatic heterocycles. The highest BCUT2D eigenvalue weighted by Crippen LogP contribution is 2.07. The van der Waals surface area contributed by atoms with Crippen LogP contribution in [0.1, 0.15) is 110 Å². The van der Waals surface area contributed by atoms with E-state index in [1.54, 1.807) is 6.08 Å². The molecule has 1 amide bonds. The van der Waals surface area contributed by atoms with E-state index in [2.05, 4.69) is 43.5 Å². The van der Waals surface area contributed by atoms with Crippen LogP contribution in [-0.2, 0) is 4.79 Å². The van der Waals surface area contributed by atoms with Crippen LogP contribution in [0.15, 0.2) is 36.5 Å². The lowest BCUT2D eigenvalue weighted by Crippen LogP contribution is -2.45. The monoisotopic (exact) mass is 435 g/mol. The summed E-state index contributed by atoms with van der Waals surface area (Å²) in [5, 5.41) is 22.4. The normalized spacial score (nSPS) is 14.1. The molecule has 4 nitrogen and oxygen atoms in total. The molecule has 180 valence electrons. The summed E-state index contributed by atoms with van der Waals surface area (Å²) in [6, 6.07) is -0.635. The molecule has 0 aromatic rings. The van der Waals surface area contributed by atoms with Gasteiger partial charge < -0.3 is 15.5 Å². The molecule has 0 saturated heterocycles. The molecule has 0 aliphatic rings. The van der Waals surface area contributed by atoms with Gasteiger partial charge >= 0.3 is 0 Å². The molecule has 0 saturated carbocycles. The Morgan fingerprint density at radius 3 is 1.84 bits per heavy atom. The predicted molar refractivity (Wildman–Crippen MR) is 133 cm³/mol. The van der Waals surface area contributed by atoms with Crippen molar-refractivity contribution in [3.8, 4) is 0 Å². The van der Waals surface area contributed by atoms with Gasteiger partial charge in [0.15, 0.2) is 0 Å². The third kappa shape index (κ3) is 20.3. The van der Waals surface area contributed by atoms with E-state index in [1.165, 1.54) is 38.5 Å². The van der Waals surface area contributed by atoms with Crippen molar-refractivity contribution in [3.63, 3.8) is 0 Å². The van der Waals surface area contributed by atoms with Gasteiger partial charge in [-0.3, -0.25) is 4.79 Å². The summed E-state index contributed by atoms with van der Waals surface area (Å²) in [7, 11) is 0. The van der Waals surface area contributed by atoms with Crippen molar-refractivity contribution in [3.05, 3.63) is 36.5 Å². The van der Waals surface area contributed by atoms with E-state index in [4.69, 9.17) is 0 Å². The van der Waals surface area contributed by atoms with Crippen molar-refractivity contribution in [1.29, 1.82) is 0 Å². The Kier molecular flexibility index (Phi) is 22.2. The molecule has 0 fully saturated rings. The fourth-order valence-electron chi connectivity index (χ4n) is 3.32. The summed E-state index contributed by atoms with van der Waals surface area (Å²) in [4.78, 5) is 11.9. The van der Waals surface area contributed by atoms with Crippen molar-refractivity contribution >= 4 is 5.91 Å². The number of hydrogen-bond acceptors (Lipinski definition) is 3. The van der Waals surface area contributed by atoms with Gasteiger partial charge in [-0.1, -0.05) is 95.2 Å². The Labute approximate surface area is 191 Å². The minimum Gasteiger partial charge on any atom is -0.394 e. The number of carbonyl (C=O) groups is 1. The van der Waals surface area contributed by atoms with Gasteiger partial charge in [-0.05, 0) is 44.9 Å². The van der Waals surface area contributed by atoms with Gasteiger partial charge in [-0.25, -0.2) is 0 Å². The lowest BCUT2D eigenvalue weighted by molar-refractivity contribution is -0.123. The SMILES string of the molecule is CCCCCCC/C=C/CC/C=C/CC/C=C/C(O)C(CO)NC(=O)CCCCCC. The number of amides is 1. The Balaban J connectivity index is 3.81. The van der Waals surface area contributed by atoms with Crippen LogP contribution in [0, 0.1) is 0 Å². The first-order valence-electron chi connectivity index (χ1n) is 12.7. The van der Waals surface area contributed by atoms with E-state index >= 15 is 0 Å². The molecule has 0 radical (unpaired) electrons. The highest BCUT2D eigenvalue weighted by atomic mass is 16.3. The van der Waals surface area contributed by atoms with E-state index in [-0.39, 0.29) is 12.5 Å². The van der Waals surface area contributed by atoms with Crippen molar-refractivity contribution in [1.82, 2.24) is 5.32 Å². The molecular weight excluding hydrogens is 386 g/mol. The van der Waals surface area contributed by atoms with Gasteiger partial charge in [-0.2, -0.15) is 0 Å². The van der Waals surface area contributed by atoms with Crippen LogP contribution < -0.4 is 5.32 Å². The van der Waals surface area contributed by atoms with Crippen LogP contribution in [0.5, 0.6) is 0 Å². The van der Waals surface area contributed by atoms with Gasteiger partial charge in [0, 0.05) is 6.42 Å². The molecule has 0 bridgehead atoms. The van der Waals surface area contributed by atoms with Gasteiger partial charge in [0.1, 0.15) is 0 Å². The Bertz CT molecular complexity index is 485.